The number of amides is 1. The van der Waals surface area contributed by atoms with Gasteiger partial charge in [-0.15, -0.1) is 0 Å². The fourth-order valence-electron chi connectivity index (χ4n) is 2.21. The van der Waals surface area contributed by atoms with Crippen molar-refractivity contribution in [1.29, 1.82) is 5.26 Å². The van der Waals surface area contributed by atoms with E-state index >= 15 is 0 Å². The molecule has 2 rings (SSSR count). The van der Waals surface area contributed by atoms with Crippen LogP contribution in [0.25, 0.3) is 6.08 Å². The fourth-order valence-corrected chi connectivity index (χ4v) is 3.01. The van der Waals surface area contributed by atoms with Crippen LogP contribution in [0.4, 0.5) is 5.69 Å². The maximum Gasteiger partial charge on any atom is 0.266 e. The highest BCUT2D eigenvalue weighted by molar-refractivity contribution is 9.10. The summed E-state index contributed by atoms with van der Waals surface area (Å²) in [7, 11) is 3.04. The average molecular weight is 436 g/mol. The van der Waals surface area contributed by atoms with Crippen LogP contribution in [-0.4, -0.2) is 20.1 Å². The van der Waals surface area contributed by atoms with Crippen LogP contribution in [0.15, 0.2) is 40.4 Å². The van der Waals surface area contributed by atoms with E-state index in [-0.39, 0.29) is 5.57 Å². The van der Waals surface area contributed by atoms with Gasteiger partial charge in [-0.05, 0) is 64.3 Å². The molecule has 0 spiro atoms. The molecule has 0 fully saturated rings. The van der Waals surface area contributed by atoms with Crippen LogP contribution in [0.1, 0.15) is 11.1 Å². The Morgan fingerprint density at radius 3 is 2.58 bits per heavy atom. The second-order valence-corrected chi connectivity index (χ2v) is 6.59. The maximum atomic E-state index is 12.4. The number of hydrogen-bond acceptors (Lipinski definition) is 4. The number of anilines is 1. The van der Waals surface area contributed by atoms with E-state index in [0.29, 0.717) is 32.2 Å². The number of rotatable bonds is 5. The number of nitriles is 1. The number of nitrogens with zero attached hydrogens (tertiary/aromatic N) is 1. The van der Waals surface area contributed by atoms with Gasteiger partial charge in [0.25, 0.3) is 5.91 Å². The highest BCUT2D eigenvalue weighted by Gasteiger charge is 2.13. The van der Waals surface area contributed by atoms with Crippen molar-refractivity contribution >= 4 is 45.2 Å². The summed E-state index contributed by atoms with van der Waals surface area (Å²) in [6.45, 7) is 1.86. The Kier molecular flexibility index (Phi) is 6.67. The molecular formula is C19H16BrClN2O3. The molecule has 1 amide bonds. The summed E-state index contributed by atoms with van der Waals surface area (Å²) in [6, 6.07) is 10.5. The first-order chi connectivity index (χ1) is 12.4. The van der Waals surface area contributed by atoms with Gasteiger partial charge in [-0.1, -0.05) is 17.7 Å². The van der Waals surface area contributed by atoms with Gasteiger partial charge in [-0.3, -0.25) is 4.79 Å². The molecule has 0 saturated heterocycles. The number of halogens is 2. The lowest BCUT2D eigenvalue weighted by Gasteiger charge is -2.11. The van der Waals surface area contributed by atoms with Gasteiger partial charge in [0.05, 0.1) is 18.7 Å². The number of aryl methyl sites for hydroxylation is 1. The number of nitrogens with one attached hydrogen (secondary N) is 1. The Morgan fingerprint density at radius 1 is 1.27 bits per heavy atom. The zero-order valence-electron chi connectivity index (χ0n) is 14.4. The Bertz CT molecular complexity index is 920. The number of benzene rings is 2. The minimum Gasteiger partial charge on any atom is -0.493 e. The van der Waals surface area contributed by atoms with Gasteiger partial charge in [0.2, 0.25) is 0 Å². The van der Waals surface area contributed by atoms with Gasteiger partial charge in [0.1, 0.15) is 11.6 Å². The van der Waals surface area contributed by atoms with E-state index in [9.17, 15) is 10.1 Å². The molecule has 2 aromatic carbocycles. The summed E-state index contributed by atoms with van der Waals surface area (Å²) < 4.78 is 11.2. The number of carbonyl (C=O) groups excluding carboxylic acids is 1. The Balaban J connectivity index is 2.32. The maximum absolute atomic E-state index is 12.4. The molecule has 0 aliphatic heterocycles. The largest absolute Gasteiger partial charge is 0.493 e. The van der Waals surface area contributed by atoms with Gasteiger partial charge in [0.15, 0.2) is 11.5 Å². The summed E-state index contributed by atoms with van der Waals surface area (Å²) in [5.74, 6) is 0.483. The van der Waals surface area contributed by atoms with E-state index in [4.69, 9.17) is 21.1 Å². The smallest absolute Gasteiger partial charge is 0.266 e. The molecule has 0 bridgehead atoms. The molecule has 7 heteroatoms. The standard InChI is InChI=1S/C19H16BrClN2O3/c1-11-4-5-14(9-16(11)21)23-19(24)13(10-22)6-12-7-15(20)18(26-3)17(8-12)25-2/h4-9H,1-3H3,(H,23,24)/b13-6+. The van der Waals surface area contributed by atoms with Gasteiger partial charge >= 0.3 is 0 Å². The molecule has 0 atom stereocenters. The number of ether oxygens (including phenoxy) is 2. The Morgan fingerprint density at radius 2 is 2.00 bits per heavy atom. The number of hydrogen-bond donors (Lipinski definition) is 1. The van der Waals surface area contributed by atoms with Gasteiger partial charge in [0, 0.05) is 10.7 Å². The summed E-state index contributed by atoms with van der Waals surface area (Å²) in [5, 5.41) is 12.6. The summed E-state index contributed by atoms with van der Waals surface area (Å²) in [6.07, 6.45) is 1.47. The van der Waals surface area contributed by atoms with Gasteiger partial charge < -0.3 is 14.8 Å². The second kappa shape index (κ2) is 8.75. The quantitative estimate of drug-likeness (QED) is 0.531. The summed E-state index contributed by atoms with van der Waals surface area (Å²) >= 11 is 9.44. The summed E-state index contributed by atoms with van der Waals surface area (Å²) in [5.41, 5.74) is 1.97. The first-order valence-electron chi connectivity index (χ1n) is 7.50. The molecule has 26 heavy (non-hydrogen) atoms. The van der Waals surface area contributed by atoms with Crippen molar-refractivity contribution in [2.24, 2.45) is 0 Å². The third kappa shape index (κ3) is 4.57. The fraction of sp³-hybridized carbons (Fsp3) is 0.158. The third-order valence-electron chi connectivity index (χ3n) is 3.56. The normalized spacial score (nSPS) is 10.8. The van der Waals surface area contributed by atoms with E-state index in [1.807, 2.05) is 13.0 Å². The molecule has 0 radical (unpaired) electrons. The minimum absolute atomic E-state index is 0.0548. The SMILES string of the molecule is COc1cc(/C=C(\C#N)C(=O)Nc2ccc(C)c(Cl)c2)cc(Br)c1OC. The van der Waals surface area contributed by atoms with Crippen molar-refractivity contribution in [2.75, 3.05) is 19.5 Å². The van der Waals surface area contributed by atoms with Crippen LogP contribution < -0.4 is 14.8 Å². The topological polar surface area (TPSA) is 71.3 Å². The molecule has 0 aliphatic carbocycles. The van der Waals surface area contributed by atoms with Crippen molar-refractivity contribution in [1.82, 2.24) is 0 Å². The minimum atomic E-state index is -0.529. The zero-order chi connectivity index (χ0) is 19.3. The van der Waals surface area contributed by atoms with Crippen LogP contribution in [-0.2, 0) is 4.79 Å². The van der Waals surface area contributed by atoms with Crippen molar-refractivity contribution < 1.29 is 14.3 Å². The highest BCUT2D eigenvalue weighted by Crippen LogP contribution is 2.36. The highest BCUT2D eigenvalue weighted by atomic mass is 79.9. The van der Waals surface area contributed by atoms with E-state index in [0.717, 1.165) is 5.56 Å². The zero-order valence-corrected chi connectivity index (χ0v) is 16.7. The first-order valence-corrected chi connectivity index (χ1v) is 8.67. The van der Waals surface area contributed by atoms with Crippen LogP contribution in [0.3, 0.4) is 0 Å². The monoisotopic (exact) mass is 434 g/mol. The lowest BCUT2D eigenvalue weighted by Crippen LogP contribution is -2.13. The molecular weight excluding hydrogens is 420 g/mol. The van der Waals surface area contributed by atoms with Crippen molar-refractivity contribution in [3.63, 3.8) is 0 Å². The molecule has 0 saturated carbocycles. The van der Waals surface area contributed by atoms with Crippen molar-refractivity contribution in [3.05, 3.63) is 56.5 Å². The Labute approximate surface area is 165 Å². The molecule has 0 unspecified atom stereocenters. The Hall–Kier alpha value is -2.49. The molecule has 0 aromatic heterocycles. The van der Waals surface area contributed by atoms with Crippen molar-refractivity contribution in [3.8, 4) is 17.6 Å². The third-order valence-corrected chi connectivity index (χ3v) is 4.56. The van der Waals surface area contributed by atoms with E-state index in [2.05, 4.69) is 21.2 Å². The van der Waals surface area contributed by atoms with Gasteiger partial charge in [-0.2, -0.15) is 5.26 Å². The summed E-state index contributed by atoms with van der Waals surface area (Å²) in [4.78, 5) is 12.4. The predicted molar refractivity (Wildman–Crippen MR) is 106 cm³/mol. The van der Waals surface area contributed by atoms with Crippen LogP contribution in [0.2, 0.25) is 5.02 Å². The van der Waals surface area contributed by atoms with Gasteiger partial charge in [-0.25, -0.2) is 0 Å². The molecule has 1 N–H and O–H groups in total. The van der Waals surface area contributed by atoms with Crippen LogP contribution in [0.5, 0.6) is 11.5 Å². The lowest BCUT2D eigenvalue weighted by atomic mass is 10.1. The molecule has 5 nitrogen and oxygen atoms in total. The van der Waals surface area contributed by atoms with E-state index in [1.165, 1.54) is 20.3 Å². The van der Waals surface area contributed by atoms with E-state index in [1.54, 1.807) is 30.3 Å². The number of methoxy groups -OCH3 is 2. The second-order valence-electron chi connectivity index (χ2n) is 5.33. The number of carbonyl (C=O) groups is 1. The van der Waals surface area contributed by atoms with Crippen molar-refractivity contribution in [2.45, 2.75) is 6.92 Å². The average Bonchev–Trinajstić information content (AvgIpc) is 2.62. The lowest BCUT2D eigenvalue weighted by molar-refractivity contribution is -0.112. The van der Waals surface area contributed by atoms with E-state index < -0.39 is 5.91 Å². The van der Waals surface area contributed by atoms with Crippen LogP contribution in [0, 0.1) is 18.3 Å². The first kappa shape index (κ1) is 19.8. The predicted octanol–water partition coefficient (Wildman–Crippen LogP) is 4.97. The van der Waals surface area contributed by atoms with Crippen LogP contribution >= 0.6 is 27.5 Å². The molecule has 0 aliphatic rings. The molecule has 134 valence electrons. The molecule has 0 heterocycles. The molecule has 2 aromatic rings.